The fraction of sp³-hybridized carbons (Fsp3) is 0.754. The van der Waals surface area contributed by atoms with Crippen molar-refractivity contribution in [3.05, 3.63) is 60.8 Å². The quantitative estimate of drug-likeness (QED) is 0.0228. The number of aliphatic hydroxyl groups excluding tert-OH is 2. The summed E-state index contributed by atoms with van der Waals surface area (Å²) in [5, 5.41) is 31.4. The summed E-state index contributed by atoms with van der Waals surface area (Å²) in [5.74, 6) is -3.17. The highest BCUT2D eigenvalue weighted by Crippen LogP contribution is 2.26. The number of aliphatic carboxylic acids is 1. The van der Waals surface area contributed by atoms with Crippen molar-refractivity contribution in [3.8, 4) is 0 Å². The minimum atomic E-state index is -1.91. The van der Waals surface area contributed by atoms with E-state index in [-0.39, 0.29) is 25.9 Å². The van der Waals surface area contributed by atoms with Gasteiger partial charge in [-0.25, -0.2) is 4.79 Å². The van der Waals surface area contributed by atoms with Gasteiger partial charge in [0.15, 0.2) is 24.6 Å². The van der Waals surface area contributed by atoms with E-state index in [0.717, 1.165) is 103 Å². The van der Waals surface area contributed by atoms with Crippen LogP contribution in [-0.4, -0.2) is 89.2 Å². The number of carboxylic acid groups (broad SMARTS) is 1. The van der Waals surface area contributed by atoms with E-state index in [1.54, 1.807) is 0 Å². The van der Waals surface area contributed by atoms with Crippen LogP contribution in [0.25, 0.3) is 0 Å². The summed E-state index contributed by atoms with van der Waals surface area (Å²) >= 11 is 0. The highest BCUT2D eigenvalue weighted by atomic mass is 16.7. The number of carbonyl (C=O) groups excluding carboxylic acids is 3. The first-order chi connectivity index (χ1) is 33.6. The van der Waals surface area contributed by atoms with E-state index in [9.17, 15) is 34.5 Å². The number of rotatable bonds is 45. The van der Waals surface area contributed by atoms with E-state index in [2.05, 4.69) is 81.5 Å². The smallest absolute Gasteiger partial charge is 0.335 e. The average molecular weight is 973 g/mol. The lowest BCUT2D eigenvalue weighted by molar-refractivity contribution is -0.301. The van der Waals surface area contributed by atoms with Gasteiger partial charge >= 0.3 is 23.9 Å². The molecule has 12 heteroatoms. The zero-order chi connectivity index (χ0) is 50.4. The zero-order valence-electron chi connectivity index (χ0n) is 43.3. The summed E-state index contributed by atoms with van der Waals surface area (Å²) in [5.41, 5.74) is 0. The van der Waals surface area contributed by atoms with Crippen LogP contribution < -0.4 is 0 Å². The number of carboxylic acids is 1. The first-order valence-electron chi connectivity index (χ1n) is 27.3. The van der Waals surface area contributed by atoms with Gasteiger partial charge in [-0.2, -0.15) is 0 Å². The maximum Gasteiger partial charge on any atom is 0.335 e. The molecule has 6 unspecified atom stereocenters. The van der Waals surface area contributed by atoms with Gasteiger partial charge in [-0.15, -0.1) is 0 Å². The molecule has 0 bridgehead atoms. The van der Waals surface area contributed by atoms with Crippen molar-refractivity contribution in [2.45, 2.75) is 263 Å². The van der Waals surface area contributed by atoms with Gasteiger partial charge in [0.1, 0.15) is 18.8 Å². The Labute approximate surface area is 417 Å². The van der Waals surface area contributed by atoms with Crippen LogP contribution >= 0.6 is 0 Å². The molecule has 1 aliphatic heterocycles. The minimum absolute atomic E-state index is 0.0415. The van der Waals surface area contributed by atoms with Crippen molar-refractivity contribution in [2.75, 3.05) is 13.2 Å². The van der Waals surface area contributed by atoms with Gasteiger partial charge in [0.05, 0.1) is 6.61 Å². The van der Waals surface area contributed by atoms with Gasteiger partial charge in [-0.05, 0) is 83.5 Å². The van der Waals surface area contributed by atoms with Crippen molar-refractivity contribution >= 4 is 23.9 Å². The summed E-state index contributed by atoms with van der Waals surface area (Å²) in [6, 6.07) is 0. The molecular formula is C57H96O12. The van der Waals surface area contributed by atoms with Crippen LogP contribution in [0.3, 0.4) is 0 Å². The van der Waals surface area contributed by atoms with E-state index in [1.807, 2.05) is 0 Å². The first-order valence-corrected chi connectivity index (χ1v) is 27.3. The predicted molar refractivity (Wildman–Crippen MR) is 275 cm³/mol. The number of allylic oxidation sites excluding steroid dienone is 10. The molecule has 69 heavy (non-hydrogen) atoms. The highest BCUT2D eigenvalue weighted by Gasteiger charge is 2.50. The zero-order valence-corrected chi connectivity index (χ0v) is 43.3. The van der Waals surface area contributed by atoms with Crippen LogP contribution in [0.2, 0.25) is 0 Å². The predicted octanol–water partition coefficient (Wildman–Crippen LogP) is 13.2. The lowest BCUT2D eigenvalue weighted by atomic mass is 9.98. The topological polar surface area (TPSA) is 175 Å². The van der Waals surface area contributed by atoms with Crippen molar-refractivity contribution in [1.82, 2.24) is 0 Å². The third kappa shape index (κ3) is 36.1. The molecule has 0 aliphatic carbocycles. The molecule has 0 saturated carbocycles. The summed E-state index contributed by atoms with van der Waals surface area (Å²) in [4.78, 5) is 50.9. The molecule has 1 fully saturated rings. The number of ether oxygens (including phenoxy) is 5. The normalized spacial score (nSPS) is 19.1. The highest BCUT2D eigenvalue weighted by molar-refractivity contribution is 5.74. The van der Waals surface area contributed by atoms with Crippen LogP contribution in [0, 0.1) is 0 Å². The molecule has 0 aromatic heterocycles. The van der Waals surface area contributed by atoms with Crippen molar-refractivity contribution in [2.24, 2.45) is 0 Å². The second kappa shape index (κ2) is 45.6. The molecule has 1 heterocycles. The number of unbranched alkanes of at least 4 members (excludes halogenated alkanes) is 21. The van der Waals surface area contributed by atoms with E-state index in [1.165, 1.54) is 64.2 Å². The Bertz CT molecular complexity index is 1440. The van der Waals surface area contributed by atoms with E-state index in [0.29, 0.717) is 19.3 Å². The van der Waals surface area contributed by atoms with Gasteiger partial charge in [-0.1, -0.05) is 184 Å². The van der Waals surface area contributed by atoms with Crippen molar-refractivity contribution in [1.29, 1.82) is 0 Å². The Morgan fingerprint density at radius 1 is 0.493 bits per heavy atom. The molecule has 0 aromatic rings. The SMILES string of the molecule is CC/C=C\C/C=C\C/C=C\CCCCCC(=O)OCC(COC1OC(C(=O)O)C(O)C(O)C1OC(=O)CCCCCCC/C=C\C/C=C\CCCCC)OC(=O)CCCCCCCCCCCCC. The molecule has 6 atom stereocenters. The van der Waals surface area contributed by atoms with Gasteiger partial charge in [0, 0.05) is 19.3 Å². The molecular weight excluding hydrogens is 877 g/mol. The van der Waals surface area contributed by atoms with Gasteiger partial charge in [-0.3, -0.25) is 14.4 Å². The Balaban J connectivity index is 2.74. The van der Waals surface area contributed by atoms with Gasteiger partial charge in [0.25, 0.3) is 0 Å². The van der Waals surface area contributed by atoms with Crippen LogP contribution in [0.1, 0.15) is 226 Å². The molecule has 1 aliphatic rings. The average Bonchev–Trinajstić information content (AvgIpc) is 3.33. The van der Waals surface area contributed by atoms with Gasteiger partial charge in [0.2, 0.25) is 0 Å². The lowest BCUT2D eigenvalue weighted by Gasteiger charge is -2.40. The summed E-state index contributed by atoms with van der Waals surface area (Å²) in [7, 11) is 0. The largest absolute Gasteiger partial charge is 0.479 e. The third-order valence-corrected chi connectivity index (χ3v) is 12.1. The Morgan fingerprint density at radius 2 is 0.913 bits per heavy atom. The van der Waals surface area contributed by atoms with E-state index < -0.39 is 67.3 Å². The molecule has 12 nitrogen and oxygen atoms in total. The molecule has 1 rings (SSSR count). The van der Waals surface area contributed by atoms with Crippen molar-refractivity contribution < 1.29 is 58.2 Å². The maximum atomic E-state index is 13.1. The minimum Gasteiger partial charge on any atom is -0.479 e. The second-order valence-electron chi connectivity index (χ2n) is 18.5. The Hall–Kier alpha value is -3.58. The van der Waals surface area contributed by atoms with Crippen LogP contribution in [-0.2, 0) is 42.9 Å². The molecule has 0 radical (unpaired) electrons. The number of aliphatic hydroxyl groups is 2. The molecule has 396 valence electrons. The first kappa shape index (κ1) is 63.4. The second-order valence-corrected chi connectivity index (χ2v) is 18.5. The van der Waals surface area contributed by atoms with Gasteiger partial charge < -0.3 is 39.0 Å². The summed E-state index contributed by atoms with van der Waals surface area (Å²) < 4.78 is 28.3. The maximum absolute atomic E-state index is 13.1. The van der Waals surface area contributed by atoms with E-state index in [4.69, 9.17) is 23.7 Å². The fourth-order valence-electron chi connectivity index (χ4n) is 7.88. The fourth-order valence-corrected chi connectivity index (χ4v) is 7.88. The van der Waals surface area contributed by atoms with E-state index >= 15 is 0 Å². The summed E-state index contributed by atoms with van der Waals surface area (Å²) in [6.07, 6.45) is 42.0. The number of hydrogen-bond donors (Lipinski definition) is 3. The van der Waals surface area contributed by atoms with Crippen LogP contribution in [0.15, 0.2) is 60.8 Å². The molecule has 0 aromatic carbocycles. The van der Waals surface area contributed by atoms with Crippen molar-refractivity contribution in [3.63, 3.8) is 0 Å². The summed E-state index contributed by atoms with van der Waals surface area (Å²) in [6.45, 7) is 5.79. The number of hydrogen-bond acceptors (Lipinski definition) is 11. The Morgan fingerprint density at radius 3 is 1.43 bits per heavy atom. The monoisotopic (exact) mass is 973 g/mol. The third-order valence-electron chi connectivity index (χ3n) is 12.1. The van der Waals surface area contributed by atoms with Crippen LogP contribution in [0.4, 0.5) is 0 Å². The Kier molecular flexibility index (Phi) is 41.9. The molecule has 0 spiro atoms. The number of esters is 3. The molecule has 1 saturated heterocycles. The molecule has 3 N–H and O–H groups in total. The van der Waals surface area contributed by atoms with Crippen LogP contribution in [0.5, 0.6) is 0 Å². The number of carbonyl (C=O) groups is 4. The lowest BCUT2D eigenvalue weighted by Crippen LogP contribution is -2.61. The molecule has 0 amide bonds. The standard InChI is InChI=1S/C57H96O12/c1-4-7-10-13-16-19-22-24-25-27-30-33-36-39-42-45-51(60)68-55-53(62)52(61)54(56(63)64)69-57(55)66-47-48(67-50(59)44-41-38-35-32-28-21-18-15-12-9-6-3)46-65-49(58)43-40-37-34-31-29-26-23-20-17-14-11-8-5-2/h8,11,16-17,19-20,24-26,29,48,52-55,57,61-62H,4-7,9-10,12-15,18,21-23,27-28,30-47H2,1-3H3,(H,63,64)/b11-8-,19-16-,20-17-,25-24-,29-26-.